The van der Waals surface area contributed by atoms with Crippen LogP contribution in [0.25, 0.3) is 0 Å². The number of aromatic nitrogens is 4. The lowest BCUT2D eigenvalue weighted by molar-refractivity contribution is -0.161. The van der Waals surface area contributed by atoms with Crippen LogP contribution >= 0.6 is 23.5 Å². The van der Waals surface area contributed by atoms with Gasteiger partial charge in [0.05, 0.1) is 6.54 Å². The minimum absolute atomic E-state index is 0.0617. The fourth-order valence-electron chi connectivity index (χ4n) is 3.73. The molecule has 1 aromatic rings. The minimum Gasteiger partial charge on any atom is -0.481 e. The van der Waals surface area contributed by atoms with Crippen LogP contribution in [0.15, 0.2) is 5.16 Å². The standard InChI is InChI=1S/C16H21F3N8O7S3/c1-8(28)27(37(33,34)7-16(17,18)19)9-10(29)25-4-15(12(30)31,5-35-11(9)25)6-36-14-22-23-24-26(14)3-2-21-13(20)32/h9,11H,2-7H2,1H3,(H,30,31)(H3,20,21,32)/t9?,11-,15?/m1/s1. The van der Waals surface area contributed by atoms with Crippen LogP contribution in [0.5, 0.6) is 0 Å². The summed E-state index contributed by atoms with van der Waals surface area (Å²) in [6.07, 6.45) is -5.14. The summed E-state index contributed by atoms with van der Waals surface area (Å²) in [4.78, 5) is 48.9. The zero-order chi connectivity index (χ0) is 27.8. The van der Waals surface area contributed by atoms with E-state index >= 15 is 0 Å². The second-order valence-corrected chi connectivity index (χ2v) is 12.0. The number of carboxylic acids is 1. The highest BCUT2D eigenvalue weighted by Gasteiger charge is 2.61. The van der Waals surface area contributed by atoms with E-state index in [0.717, 1.165) is 35.3 Å². The number of hydrogen-bond acceptors (Lipinski definition) is 11. The number of tetrazole rings is 1. The maximum Gasteiger partial charge on any atom is 0.404 e. The van der Waals surface area contributed by atoms with Crippen LogP contribution in [-0.2, 0) is 31.0 Å². The molecule has 4 N–H and O–H groups in total. The third kappa shape index (κ3) is 6.20. The molecule has 3 atom stereocenters. The number of alkyl halides is 3. The normalized spacial score (nSPS) is 23.7. The number of hydrogen-bond donors (Lipinski definition) is 3. The highest BCUT2D eigenvalue weighted by atomic mass is 32.2. The number of carboxylic acid groups (broad SMARTS) is 1. The van der Waals surface area contributed by atoms with Gasteiger partial charge in [-0.1, -0.05) is 11.8 Å². The van der Waals surface area contributed by atoms with Crippen molar-refractivity contribution in [2.45, 2.75) is 36.2 Å². The fourth-order valence-corrected chi connectivity index (χ4v) is 8.12. The highest BCUT2D eigenvalue weighted by molar-refractivity contribution is 8.00. The van der Waals surface area contributed by atoms with Crippen molar-refractivity contribution in [3.8, 4) is 0 Å². The number of sulfonamides is 1. The molecule has 3 rings (SSSR count). The van der Waals surface area contributed by atoms with Gasteiger partial charge in [0.1, 0.15) is 10.8 Å². The number of nitrogens with one attached hydrogen (secondary N) is 1. The Morgan fingerprint density at radius 3 is 2.62 bits per heavy atom. The Morgan fingerprint density at radius 1 is 1.38 bits per heavy atom. The Balaban J connectivity index is 1.73. The molecule has 2 saturated heterocycles. The van der Waals surface area contributed by atoms with Crippen molar-refractivity contribution >= 4 is 57.4 Å². The number of carbonyl (C=O) groups is 4. The second-order valence-electron chi connectivity index (χ2n) is 8.15. The first-order valence-corrected chi connectivity index (χ1v) is 13.9. The van der Waals surface area contributed by atoms with Gasteiger partial charge < -0.3 is 21.1 Å². The molecule has 2 unspecified atom stereocenters. The van der Waals surface area contributed by atoms with E-state index in [2.05, 4.69) is 20.8 Å². The number of primary amides is 1. The summed E-state index contributed by atoms with van der Waals surface area (Å²) in [5.41, 5.74) is 3.45. The summed E-state index contributed by atoms with van der Waals surface area (Å²) in [6.45, 7) is 0.592. The second kappa shape index (κ2) is 10.5. The Labute approximate surface area is 215 Å². The number of rotatable bonds is 10. The molecule has 3 heterocycles. The van der Waals surface area contributed by atoms with Gasteiger partial charge in [0, 0.05) is 31.5 Å². The number of β-lactam (4-membered cyclic amide) rings is 1. The Hall–Kier alpha value is -2.81. The third-order valence-corrected chi connectivity index (χ3v) is 9.97. The van der Waals surface area contributed by atoms with Gasteiger partial charge in [-0.05, 0) is 10.4 Å². The zero-order valence-corrected chi connectivity index (χ0v) is 21.4. The topological polar surface area (TPSA) is 211 Å². The van der Waals surface area contributed by atoms with E-state index in [0.29, 0.717) is 0 Å². The molecule has 0 saturated carbocycles. The van der Waals surface area contributed by atoms with E-state index in [1.54, 1.807) is 0 Å². The zero-order valence-electron chi connectivity index (χ0n) is 18.9. The van der Waals surface area contributed by atoms with Crippen LogP contribution in [0.4, 0.5) is 18.0 Å². The molecule has 37 heavy (non-hydrogen) atoms. The molecule has 2 aliphatic rings. The Kier molecular flexibility index (Phi) is 8.17. The summed E-state index contributed by atoms with van der Waals surface area (Å²) >= 11 is 1.81. The van der Waals surface area contributed by atoms with Crippen molar-refractivity contribution in [2.75, 3.05) is 30.3 Å². The van der Waals surface area contributed by atoms with E-state index in [-0.39, 0.29) is 40.6 Å². The Bertz CT molecular complexity index is 1200. The molecule has 15 nitrogen and oxygen atoms in total. The molecule has 21 heteroatoms. The predicted molar refractivity (Wildman–Crippen MR) is 120 cm³/mol. The van der Waals surface area contributed by atoms with Crippen LogP contribution in [-0.4, -0.2) is 115 Å². The summed E-state index contributed by atoms with van der Waals surface area (Å²) in [5.74, 6) is -6.09. The molecule has 0 spiro atoms. The van der Waals surface area contributed by atoms with E-state index in [1.165, 1.54) is 4.68 Å². The molecule has 1 aromatic heterocycles. The van der Waals surface area contributed by atoms with Crippen LogP contribution < -0.4 is 11.1 Å². The van der Waals surface area contributed by atoms with Gasteiger partial charge in [-0.2, -0.15) is 13.2 Å². The maximum absolute atomic E-state index is 12.8. The van der Waals surface area contributed by atoms with Crippen molar-refractivity contribution in [2.24, 2.45) is 11.1 Å². The van der Waals surface area contributed by atoms with Gasteiger partial charge in [0.2, 0.25) is 21.1 Å². The number of carbonyl (C=O) groups excluding carboxylic acids is 3. The highest BCUT2D eigenvalue weighted by Crippen LogP contribution is 2.46. The van der Waals surface area contributed by atoms with Crippen molar-refractivity contribution in [1.82, 2.24) is 34.7 Å². The number of fused-ring (bicyclic) bond motifs is 1. The first-order valence-electron chi connectivity index (χ1n) is 10.3. The number of amides is 4. The monoisotopic (exact) mass is 590 g/mol. The first kappa shape index (κ1) is 28.8. The molecule has 2 fully saturated rings. The summed E-state index contributed by atoms with van der Waals surface area (Å²) in [5, 5.41) is 22.5. The number of halogens is 3. The van der Waals surface area contributed by atoms with Gasteiger partial charge >= 0.3 is 18.2 Å². The van der Waals surface area contributed by atoms with Crippen LogP contribution in [0.2, 0.25) is 0 Å². The maximum atomic E-state index is 12.8. The van der Waals surface area contributed by atoms with Crippen LogP contribution in [0.1, 0.15) is 6.92 Å². The summed E-state index contributed by atoms with van der Waals surface area (Å²) in [6, 6.07) is -2.47. The van der Waals surface area contributed by atoms with Crippen molar-refractivity contribution in [3.63, 3.8) is 0 Å². The number of urea groups is 1. The minimum atomic E-state index is -5.21. The number of nitrogens with zero attached hydrogens (tertiary/aromatic N) is 6. The van der Waals surface area contributed by atoms with Crippen LogP contribution in [0, 0.1) is 5.41 Å². The van der Waals surface area contributed by atoms with Crippen LogP contribution in [0.3, 0.4) is 0 Å². The van der Waals surface area contributed by atoms with Gasteiger partial charge in [0.25, 0.3) is 5.91 Å². The SMILES string of the molecule is CC(=O)N(C1C(=O)N2CC(CSc3nnnn3CCNC(N)=O)(C(=O)O)CS[C@H]12)S(=O)(=O)CC(F)(F)F. The number of nitrogens with two attached hydrogens (primary N) is 1. The van der Waals surface area contributed by atoms with Crippen molar-refractivity contribution < 1.29 is 45.9 Å². The van der Waals surface area contributed by atoms with Gasteiger partial charge in [-0.25, -0.2) is 22.2 Å². The van der Waals surface area contributed by atoms with Gasteiger partial charge in [0.15, 0.2) is 11.8 Å². The summed E-state index contributed by atoms with van der Waals surface area (Å²) in [7, 11) is -5.21. The number of thioether (sulfide) groups is 2. The lowest BCUT2D eigenvalue weighted by Gasteiger charge is -2.55. The lowest BCUT2D eigenvalue weighted by Crippen LogP contribution is -2.75. The molecule has 4 amide bonds. The lowest BCUT2D eigenvalue weighted by atomic mass is 9.89. The number of aliphatic carboxylic acids is 1. The van der Waals surface area contributed by atoms with Gasteiger partial charge in [-0.3, -0.25) is 14.4 Å². The molecule has 0 bridgehead atoms. The van der Waals surface area contributed by atoms with E-state index in [1.807, 2.05) is 0 Å². The molecule has 0 aliphatic carbocycles. The van der Waals surface area contributed by atoms with E-state index < -0.39 is 62.6 Å². The smallest absolute Gasteiger partial charge is 0.404 e. The quantitative estimate of drug-likeness (QED) is 0.211. The first-order chi connectivity index (χ1) is 17.1. The fraction of sp³-hybridized carbons (Fsp3) is 0.688. The average Bonchev–Trinajstić information content (AvgIpc) is 3.20. The largest absolute Gasteiger partial charge is 0.481 e. The van der Waals surface area contributed by atoms with Gasteiger partial charge in [-0.15, -0.1) is 16.9 Å². The van der Waals surface area contributed by atoms with Crippen molar-refractivity contribution in [3.05, 3.63) is 0 Å². The van der Waals surface area contributed by atoms with Crippen molar-refractivity contribution in [1.29, 1.82) is 0 Å². The molecular formula is C16H21F3N8O7S3. The molecular weight excluding hydrogens is 569 g/mol. The Morgan fingerprint density at radius 2 is 2.05 bits per heavy atom. The van der Waals surface area contributed by atoms with E-state index in [9.17, 15) is 45.9 Å². The molecule has 2 aliphatic heterocycles. The van der Waals surface area contributed by atoms with E-state index in [4.69, 9.17) is 5.73 Å². The summed E-state index contributed by atoms with van der Waals surface area (Å²) < 4.78 is 64.2. The molecule has 0 radical (unpaired) electrons. The molecule has 206 valence electrons. The third-order valence-electron chi connectivity index (χ3n) is 5.38. The molecule has 0 aromatic carbocycles. The average molecular weight is 591 g/mol. The predicted octanol–water partition coefficient (Wildman–Crippen LogP) is -1.47.